The molecule has 0 aliphatic heterocycles. The second kappa shape index (κ2) is 8.28. The van der Waals surface area contributed by atoms with Crippen molar-refractivity contribution in [2.45, 2.75) is 20.4 Å². The minimum atomic E-state index is -0.419. The van der Waals surface area contributed by atoms with Crippen LogP contribution in [0, 0.1) is 28.7 Å². The molecule has 2 aromatic heterocycles. The molecule has 0 radical (unpaired) electrons. The zero-order chi connectivity index (χ0) is 21.3. The Morgan fingerprint density at radius 1 is 1.17 bits per heavy atom. The van der Waals surface area contributed by atoms with Crippen molar-refractivity contribution >= 4 is 45.5 Å². The standard InChI is InChI=1S/C24H19IN4O/c1-16-11-17(2)29(27-16)24(30)19(13-26)12-20-15-28(23-6-4-3-5-22(20)23)14-18-7-9-21(25)10-8-18/h3-12,15H,14H2,1-2H3/b19-12+. The van der Waals surface area contributed by atoms with Crippen LogP contribution in [0.1, 0.15) is 27.3 Å². The van der Waals surface area contributed by atoms with Crippen molar-refractivity contribution in [3.63, 3.8) is 0 Å². The molecule has 0 atom stereocenters. The van der Waals surface area contributed by atoms with Crippen LogP contribution in [0.15, 0.2) is 66.4 Å². The number of halogens is 1. The molecule has 4 rings (SSSR count). The van der Waals surface area contributed by atoms with Gasteiger partial charge in [0.05, 0.1) is 5.69 Å². The van der Waals surface area contributed by atoms with Crippen LogP contribution in [-0.2, 0) is 6.54 Å². The number of allylic oxidation sites excluding steroid dienone is 1. The normalized spacial score (nSPS) is 11.6. The lowest BCUT2D eigenvalue weighted by Gasteiger charge is -2.05. The topological polar surface area (TPSA) is 63.6 Å². The van der Waals surface area contributed by atoms with Crippen LogP contribution in [0.5, 0.6) is 0 Å². The van der Waals surface area contributed by atoms with Gasteiger partial charge in [0, 0.05) is 38.5 Å². The Morgan fingerprint density at radius 2 is 1.90 bits per heavy atom. The second-order valence-electron chi connectivity index (χ2n) is 7.17. The third-order valence-electron chi connectivity index (χ3n) is 4.94. The van der Waals surface area contributed by atoms with Gasteiger partial charge in [-0.15, -0.1) is 0 Å². The van der Waals surface area contributed by atoms with Crippen LogP contribution in [-0.4, -0.2) is 20.3 Å². The molecule has 2 heterocycles. The highest BCUT2D eigenvalue weighted by molar-refractivity contribution is 14.1. The highest BCUT2D eigenvalue weighted by Gasteiger charge is 2.17. The summed E-state index contributed by atoms with van der Waals surface area (Å²) in [6.07, 6.45) is 3.65. The maximum absolute atomic E-state index is 12.9. The third kappa shape index (κ3) is 3.94. The van der Waals surface area contributed by atoms with Crippen LogP contribution in [0.4, 0.5) is 0 Å². The molecule has 4 aromatic rings. The van der Waals surface area contributed by atoms with Crippen LogP contribution in [0.2, 0.25) is 0 Å². The number of fused-ring (bicyclic) bond motifs is 1. The first kappa shape index (κ1) is 20.1. The van der Waals surface area contributed by atoms with Crippen molar-refractivity contribution in [3.05, 3.63) is 92.5 Å². The van der Waals surface area contributed by atoms with Crippen molar-refractivity contribution in [2.75, 3.05) is 0 Å². The number of nitriles is 1. The number of aryl methyl sites for hydroxylation is 2. The lowest BCUT2D eigenvalue weighted by Crippen LogP contribution is -2.15. The summed E-state index contributed by atoms with van der Waals surface area (Å²) in [6, 6.07) is 20.3. The van der Waals surface area contributed by atoms with E-state index in [2.05, 4.69) is 62.6 Å². The van der Waals surface area contributed by atoms with Gasteiger partial charge in [0.25, 0.3) is 5.91 Å². The molecule has 0 aliphatic carbocycles. The fourth-order valence-corrected chi connectivity index (χ4v) is 3.91. The van der Waals surface area contributed by atoms with Crippen molar-refractivity contribution in [2.24, 2.45) is 0 Å². The molecule has 2 aromatic carbocycles. The molecule has 0 fully saturated rings. The highest BCUT2D eigenvalue weighted by atomic mass is 127. The first-order valence-electron chi connectivity index (χ1n) is 9.48. The molecule has 5 nitrogen and oxygen atoms in total. The van der Waals surface area contributed by atoms with E-state index in [4.69, 9.17) is 0 Å². The molecular weight excluding hydrogens is 487 g/mol. The molecule has 0 N–H and O–H groups in total. The summed E-state index contributed by atoms with van der Waals surface area (Å²) < 4.78 is 4.63. The van der Waals surface area contributed by atoms with E-state index in [-0.39, 0.29) is 5.57 Å². The summed E-state index contributed by atoms with van der Waals surface area (Å²) in [4.78, 5) is 12.9. The molecule has 148 valence electrons. The van der Waals surface area contributed by atoms with Gasteiger partial charge in [0.1, 0.15) is 11.6 Å². The number of carbonyl (C=O) groups is 1. The Labute approximate surface area is 188 Å². The molecule has 0 saturated carbocycles. The summed E-state index contributed by atoms with van der Waals surface area (Å²) in [5.74, 6) is -0.419. The van der Waals surface area contributed by atoms with Crippen molar-refractivity contribution < 1.29 is 4.79 Å². The number of hydrogen-bond donors (Lipinski definition) is 0. The van der Waals surface area contributed by atoms with E-state index in [0.717, 1.165) is 22.2 Å². The van der Waals surface area contributed by atoms with Gasteiger partial charge in [-0.25, -0.2) is 4.68 Å². The van der Waals surface area contributed by atoms with Crippen molar-refractivity contribution in [3.8, 4) is 6.07 Å². The number of nitrogens with zero attached hydrogens (tertiary/aromatic N) is 4. The molecular formula is C24H19IN4O. The third-order valence-corrected chi connectivity index (χ3v) is 5.66. The molecule has 0 unspecified atom stereocenters. The lowest BCUT2D eigenvalue weighted by atomic mass is 10.1. The number of rotatable bonds is 4. The average molecular weight is 506 g/mol. The van der Waals surface area contributed by atoms with Gasteiger partial charge in [0.15, 0.2) is 0 Å². The summed E-state index contributed by atoms with van der Waals surface area (Å²) in [5, 5.41) is 14.9. The van der Waals surface area contributed by atoms with Gasteiger partial charge in [-0.2, -0.15) is 10.4 Å². The minimum Gasteiger partial charge on any atom is -0.342 e. The Morgan fingerprint density at radius 3 is 2.57 bits per heavy atom. The van der Waals surface area contributed by atoms with Crippen LogP contribution in [0.25, 0.3) is 17.0 Å². The minimum absolute atomic E-state index is 0.0540. The Hall–Kier alpha value is -3.18. The fraction of sp³-hybridized carbons (Fsp3) is 0.125. The average Bonchev–Trinajstić information content (AvgIpc) is 3.26. The molecule has 0 saturated heterocycles. The lowest BCUT2D eigenvalue weighted by molar-refractivity contribution is 0.0944. The van der Waals surface area contributed by atoms with Crippen molar-refractivity contribution in [1.29, 1.82) is 5.26 Å². The maximum atomic E-state index is 12.9. The fourth-order valence-electron chi connectivity index (χ4n) is 3.55. The summed E-state index contributed by atoms with van der Waals surface area (Å²) in [6.45, 7) is 4.34. The Bertz CT molecular complexity index is 1320. The first-order chi connectivity index (χ1) is 14.5. The maximum Gasteiger partial charge on any atom is 0.289 e. The Balaban J connectivity index is 1.76. The zero-order valence-electron chi connectivity index (χ0n) is 16.6. The van der Waals surface area contributed by atoms with Gasteiger partial charge in [-0.3, -0.25) is 4.79 Å². The van der Waals surface area contributed by atoms with Gasteiger partial charge < -0.3 is 4.57 Å². The zero-order valence-corrected chi connectivity index (χ0v) is 18.8. The number of benzene rings is 2. The molecule has 6 heteroatoms. The number of carbonyl (C=O) groups excluding carboxylic acids is 1. The molecule has 0 aliphatic rings. The van der Waals surface area contributed by atoms with Crippen LogP contribution >= 0.6 is 22.6 Å². The molecule has 30 heavy (non-hydrogen) atoms. The molecule has 0 spiro atoms. The van der Waals surface area contributed by atoms with Gasteiger partial charge >= 0.3 is 0 Å². The molecule has 0 bridgehead atoms. The van der Waals surface area contributed by atoms with Crippen LogP contribution in [0.3, 0.4) is 0 Å². The number of aromatic nitrogens is 3. The molecule has 0 amide bonds. The SMILES string of the molecule is Cc1cc(C)n(C(=O)/C(C#N)=C/c2cn(Cc3ccc(I)cc3)c3ccccc23)n1. The smallest absolute Gasteiger partial charge is 0.289 e. The van der Waals surface area contributed by atoms with Crippen LogP contribution < -0.4 is 0 Å². The van der Waals surface area contributed by atoms with Gasteiger partial charge in [0.2, 0.25) is 0 Å². The van der Waals surface area contributed by atoms with E-state index in [1.54, 1.807) is 13.0 Å². The summed E-state index contributed by atoms with van der Waals surface area (Å²) in [5.41, 5.74) is 4.58. The van der Waals surface area contributed by atoms with E-state index >= 15 is 0 Å². The number of hydrogen-bond acceptors (Lipinski definition) is 3. The van der Waals surface area contributed by atoms with E-state index in [9.17, 15) is 10.1 Å². The van der Waals surface area contributed by atoms with E-state index in [0.29, 0.717) is 12.2 Å². The van der Waals surface area contributed by atoms with Crippen molar-refractivity contribution in [1.82, 2.24) is 14.3 Å². The van der Waals surface area contributed by atoms with E-state index in [1.807, 2.05) is 43.5 Å². The number of para-hydroxylation sites is 1. The second-order valence-corrected chi connectivity index (χ2v) is 8.42. The van der Waals surface area contributed by atoms with E-state index < -0.39 is 5.91 Å². The van der Waals surface area contributed by atoms with E-state index in [1.165, 1.54) is 13.8 Å². The van der Waals surface area contributed by atoms with Gasteiger partial charge in [-0.1, -0.05) is 30.3 Å². The summed E-state index contributed by atoms with van der Waals surface area (Å²) >= 11 is 2.29. The highest BCUT2D eigenvalue weighted by Crippen LogP contribution is 2.25. The quantitative estimate of drug-likeness (QED) is 0.213. The predicted octanol–water partition coefficient (Wildman–Crippen LogP) is 5.35. The first-order valence-corrected chi connectivity index (χ1v) is 10.6. The Kier molecular flexibility index (Phi) is 5.55. The monoisotopic (exact) mass is 506 g/mol. The predicted molar refractivity (Wildman–Crippen MR) is 126 cm³/mol. The largest absolute Gasteiger partial charge is 0.342 e. The van der Waals surface area contributed by atoms with Gasteiger partial charge in [-0.05, 0) is 72.3 Å². The summed E-state index contributed by atoms with van der Waals surface area (Å²) in [7, 11) is 0.